The summed E-state index contributed by atoms with van der Waals surface area (Å²) in [6.07, 6.45) is 1.61. The molecule has 1 heterocycles. The van der Waals surface area contributed by atoms with Gasteiger partial charge in [0.15, 0.2) is 5.43 Å². The number of esters is 1. The number of fused-ring (bicyclic) bond motifs is 1. The molecule has 0 radical (unpaired) electrons. The molecule has 0 spiro atoms. The van der Waals surface area contributed by atoms with Crippen LogP contribution in [0.15, 0.2) is 40.1 Å². The molecular formula is C17H18O6. The summed E-state index contributed by atoms with van der Waals surface area (Å²) in [5, 5.41) is 10.1. The van der Waals surface area contributed by atoms with E-state index in [0.717, 1.165) is 0 Å². The molecule has 1 aromatic carbocycles. The first-order valence-corrected chi connectivity index (χ1v) is 6.97. The molecule has 2 aromatic rings. The van der Waals surface area contributed by atoms with E-state index in [4.69, 9.17) is 13.9 Å². The van der Waals surface area contributed by atoms with Crippen LogP contribution in [0.2, 0.25) is 0 Å². The third kappa shape index (κ3) is 3.91. The Balaban J connectivity index is 2.49. The van der Waals surface area contributed by atoms with Gasteiger partial charge in [0.25, 0.3) is 0 Å². The molecule has 0 saturated carbocycles. The second-order valence-corrected chi connectivity index (χ2v) is 5.58. The summed E-state index contributed by atoms with van der Waals surface area (Å²) in [5.41, 5.74) is -0.939. The highest BCUT2D eigenvalue weighted by Gasteiger charge is 2.18. The van der Waals surface area contributed by atoms with Crippen LogP contribution in [0, 0.1) is 0 Å². The van der Waals surface area contributed by atoms with Crippen molar-refractivity contribution in [2.75, 3.05) is 0 Å². The molecular weight excluding hydrogens is 300 g/mol. The Hall–Kier alpha value is -2.76. The van der Waals surface area contributed by atoms with Crippen molar-refractivity contribution in [3.8, 4) is 11.5 Å². The molecule has 0 unspecified atom stereocenters. The van der Waals surface area contributed by atoms with E-state index in [1.807, 2.05) is 0 Å². The van der Waals surface area contributed by atoms with Gasteiger partial charge >= 0.3 is 5.97 Å². The first kappa shape index (κ1) is 16.6. The molecule has 0 bridgehead atoms. The van der Waals surface area contributed by atoms with Crippen LogP contribution in [0.1, 0.15) is 26.5 Å². The minimum absolute atomic E-state index is 0.0420. The van der Waals surface area contributed by atoms with Crippen molar-refractivity contribution in [1.29, 1.82) is 0 Å². The Morgan fingerprint density at radius 3 is 2.70 bits per heavy atom. The van der Waals surface area contributed by atoms with E-state index in [9.17, 15) is 14.7 Å². The van der Waals surface area contributed by atoms with E-state index in [0.29, 0.717) is 5.75 Å². The highest BCUT2D eigenvalue weighted by atomic mass is 16.5. The van der Waals surface area contributed by atoms with E-state index < -0.39 is 17.0 Å². The second kappa shape index (κ2) is 6.16. The molecule has 1 N–H and O–H groups in total. The minimum Gasteiger partial charge on any atom is -0.507 e. The minimum atomic E-state index is -0.657. The first-order chi connectivity index (χ1) is 10.7. The number of hydrogen-bond donors (Lipinski definition) is 1. The van der Waals surface area contributed by atoms with Crippen molar-refractivity contribution in [2.24, 2.45) is 0 Å². The molecule has 0 amide bonds. The van der Waals surface area contributed by atoms with Crippen molar-refractivity contribution >= 4 is 16.9 Å². The molecule has 0 saturated heterocycles. The van der Waals surface area contributed by atoms with Gasteiger partial charge in [-0.1, -0.05) is 6.58 Å². The number of hydrogen-bond acceptors (Lipinski definition) is 6. The lowest BCUT2D eigenvalue weighted by atomic mass is 10.1. The topological polar surface area (TPSA) is 86.0 Å². The van der Waals surface area contributed by atoms with Crippen molar-refractivity contribution in [1.82, 2.24) is 0 Å². The summed E-state index contributed by atoms with van der Waals surface area (Å²) in [7, 11) is 0. The quantitative estimate of drug-likeness (QED) is 0.674. The fourth-order valence-electron chi connectivity index (χ4n) is 1.94. The van der Waals surface area contributed by atoms with E-state index in [1.165, 1.54) is 25.1 Å². The lowest BCUT2D eigenvalue weighted by Gasteiger charge is -2.22. The predicted molar refractivity (Wildman–Crippen MR) is 84.5 cm³/mol. The number of carbonyl (C=O) groups excluding carboxylic acids is 1. The Bertz CT molecular complexity index is 816. The van der Waals surface area contributed by atoms with Gasteiger partial charge in [0.05, 0.1) is 0 Å². The van der Waals surface area contributed by atoms with E-state index >= 15 is 0 Å². The number of ether oxygens (including phenoxy) is 2. The van der Waals surface area contributed by atoms with Crippen LogP contribution in [0.4, 0.5) is 0 Å². The van der Waals surface area contributed by atoms with Gasteiger partial charge < -0.3 is 19.0 Å². The monoisotopic (exact) mass is 318 g/mol. The number of rotatable bonds is 5. The average Bonchev–Trinajstić information content (AvgIpc) is 2.43. The van der Waals surface area contributed by atoms with Gasteiger partial charge in [-0.25, -0.2) is 0 Å². The zero-order valence-electron chi connectivity index (χ0n) is 13.2. The molecule has 2 rings (SSSR count). The number of phenolic OH excluding ortho intramolecular Hbond substituents is 1. The fraction of sp³-hybridized carbons (Fsp3) is 0.294. The van der Waals surface area contributed by atoms with Crippen LogP contribution >= 0.6 is 0 Å². The number of carbonyl (C=O) groups is 1. The maximum absolute atomic E-state index is 12.1. The average molecular weight is 318 g/mol. The largest absolute Gasteiger partial charge is 0.507 e. The molecule has 0 aliphatic rings. The van der Waals surface area contributed by atoms with Crippen LogP contribution in [0.25, 0.3) is 11.0 Å². The van der Waals surface area contributed by atoms with Gasteiger partial charge in [-0.15, -0.1) is 0 Å². The van der Waals surface area contributed by atoms with Gasteiger partial charge in [-0.2, -0.15) is 0 Å². The van der Waals surface area contributed by atoms with Gasteiger partial charge in [-0.05, 0) is 19.9 Å². The van der Waals surface area contributed by atoms with E-state index in [1.54, 1.807) is 19.9 Å². The van der Waals surface area contributed by atoms with Crippen molar-refractivity contribution in [3.63, 3.8) is 0 Å². The fourth-order valence-corrected chi connectivity index (χ4v) is 1.94. The Labute approximate surface area is 132 Å². The summed E-state index contributed by atoms with van der Waals surface area (Å²) < 4.78 is 16.0. The van der Waals surface area contributed by atoms with Crippen molar-refractivity contribution < 1.29 is 23.8 Å². The normalized spacial score (nSPS) is 11.3. The van der Waals surface area contributed by atoms with E-state index in [2.05, 4.69) is 6.58 Å². The lowest BCUT2D eigenvalue weighted by molar-refractivity contribution is -0.142. The van der Waals surface area contributed by atoms with Crippen LogP contribution in [-0.4, -0.2) is 16.7 Å². The van der Waals surface area contributed by atoms with Crippen LogP contribution in [-0.2, 0) is 16.1 Å². The van der Waals surface area contributed by atoms with Gasteiger partial charge in [-0.3, -0.25) is 9.59 Å². The molecule has 0 aliphatic carbocycles. The van der Waals surface area contributed by atoms with Crippen LogP contribution < -0.4 is 10.2 Å². The van der Waals surface area contributed by atoms with Crippen molar-refractivity contribution in [3.05, 3.63) is 46.8 Å². The standard InChI is InChI=1S/C17H18O6/c1-5-17(3,4)23-11-6-13(19)16-14(20)7-12(9-21-10(2)18)22-15(16)8-11/h5-8,19H,1,9H2,2-4H3. The maximum atomic E-state index is 12.1. The first-order valence-electron chi connectivity index (χ1n) is 6.97. The molecule has 6 heteroatoms. The highest BCUT2D eigenvalue weighted by molar-refractivity contribution is 5.84. The number of benzene rings is 1. The second-order valence-electron chi connectivity index (χ2n) is 5.58. The molecule has 0 aliphatic heterocycles. The van der Waals surface area contributed by atoms with Gasteiger partial charge in [0.2, 0.25) is 0 Å². The molecule has 1 aromatic heterocycles. The highest BCUT2D eigenvalue weighted by Crippen LogP contribution is 2.31. The maximum Gasteiger partial charge on any atom is 0.303 e. The molecule has 122 valence electrons. The van der Waals surface area contributed by atoms with Crippen LogP contribution in [0.5, 0.6) is 11.5 Å². The van der Waals surface area contributed by atoms with Gasteiger partial charge in [0, 0.05) is 25.1 Å². The number of phenols is 1. The summed E-state index contributed by atoms with van der Waals surface area (Å²) in [6, 6.07) is 4.02. The predicted octanol–water partition coefficient (Wildman–Crippen LogP) is 2.91. The SMILES string of the molecule is C=CC(C)(C)Oc1cc(O)c2c(=O)cc(COC(C)=O)oc2c1. The lowest BCUT2D eigenvalue weighted by Crippen LogP contribution is -2.24. The third-order valence-electron chi connectivity index (χ3n) is 3.12. The summed E-state index contributed by atoms with van der Waals surface area (Å²) in [4.78, 5) is 23.0. The molecule has 6 nitrogen and oxygen atoms in total. The third-order valence-corrected chi connectivity index (χ3v) is 3.12. The number of aromatic hydroxyl groups is 1. The zero-order chi connectivity index (χ0) is 17.2. The Kier molecular flexibility index (Phi) is 4.45. The molecule has 0 fully saturated rings. The van der Waals surface area contributed by atoms with Gasteiger partial charge in [0.1, 0.15) is 40.4 Å². The Morgan fingerprint density at radius 2 is 2.09 bits per heavy atom. The molecule has 0 atom stereocenters. The summed E-state index contributed by atoms with van der Waals surface area (Å²) in [5.74, 6) is -0.226. The van der Waals surface area contributed by atoms with E-state index in [-0.39, 0.29) is 29.1 Å². The zero-order valence-corrected chi connectivity index (χ0v) is 13.2. The summed E-state index contributed by atoms with van der Waals surface area (Å²) >= 11 is 0. The van der Waals surface area contributed by atoms with Crippen molar-refractivity contribution in [2.45, 2.75) is 33.0 Å². The molecule has 23 heavy (non-hydrogen) atoms. The van der Waals surface area contributed by atoms with Crippen LogP contribution in [0.3, 0.4) is 0 Å². The smallest absolute Gasteiger partial charge is 0.303 e. The Morgan fingerprint density at radius 1 is 1.39 bits per heavy atom. The summed E-state index contributed by atoms with van der Waals surface area (Å²) in [6.45, 7) is 8.37.